The van der Waals surface area contributed by atoms with Crippen LogP contribution in [0.2, 0.25) is 0 Å². The molecule has 2 unspecified atom stereocenters. The van der Waals surface area contributed by atoms with Gasteiger partial charge in [-0.15, -0.1) is 0 Å². The molecule has 4 nitrogen and oxygen atoms in total. The first-order valence-corrected chi connectivity index (χ1v) is 7.32. The van der Waals surface area contributed by atoms with Crippen LogP contribution in [0.15, 0.2) is 24.3 Å². The zero-order valence-corrected chi connectivity index (χ0v) is 12.3. The minimum absolute atomic E-state index is 0.0265. The summed E-state index contributed by atoms with van der Waals surface area (Å²) in [7, 11) is 0. The molecule has 4 heteroatoms. The van der Waals surface area contributed by atoms with Crippen LogP contribution in [0.25, 0.3) is 0 Å². The molecule has 0 spiro atoms. The zero-order chi connectivity index (χ0) is 14.3. The van der Waals surface area contributed by atoms with Gasteiger partial charge in [-0.25, -0.2) is 0 Å². The van der Waals surface area contributed by atoms with Gasteiger partial charge < -0.3 is 10.1 Å². The largest absolute Gasteiger partial charge is 0.486 e. The number of hydrogen-bond donors (Lipinski definition) is 2. The lowest BCUT2D eigenvalue weighted by Gasteiger charge is -2.29. The van der Waals surface area contributed by atoms with Crippen molar-refractivity contribution in [3.63, 3.8) is 0 Å². The molecule has 1 saturated carbocycles. The van der Waals surface area contributed by atoms with E-state index in [1.807, 2.05) is 25.1 Å². The lowest BCUT2D eigenvalue weighted by atomic mass is 9.94. The van der Waals surface area contributed by atoms with E-state index in [0.717, 1.165) is 24.2 Å². The summed E-state index contributed by atoms with van der Waals surface area (Å²) in [4.78, 5) is 12.1. The lowest BCUT2D eigenvalue weighted by Crippen LogP contribution is -2.49. The first kappa shape index (κ1) is 13.4. The molecule has 0 saturated heterocycles. The van der Waals surface area contributed by atoms with Crippen molar-refractivity contribution in [1.82, 2.24) is 10.6 Å². The second-order valence-electron chi connectivity index (χ2n) is 6.35. The van der Waals surface area contributed by atoms with Crippen LogP contribution in [-0.4, -0.2) is 23.6 Å². The molecule has 1 aromatic carbocycles. The van der Waals surface area contributed by atoms with Crippen LogP contribution in [0.3, 0.4) is 0 Å². The molecular formula is C16H22N2O2. The Balaban J connectivity index is 1.73. The number of fused-ring (bicyclic) bond motifs is 1. The highest BCUT2D eigenvalue weighted by atomic mass is 16.5. The van der Waals surface area contributed by atoms with E-state index in [0.29, 0.717) is 6.04 Å². The van der Waals surface area contributed by atoms with Crippen molar-refractivity contribution in [2.75, 3.05) is 0 Å². The third-order valence-electron chi connectivity index (χ3n) is 4.03. The molecule has 1 aliphatic heterocycles. The van der Waals surface area contributed by atoms with E-state index >= 15 is 0 Å². The van der Waals surface area contributed by atoms with Gasteiger partial charge in [-0.05, 0) is 39.7 Å². The van der Waals surface area contributed by atoms with Crippen LogP contribution < -0.4 is 15.4 Å². The van der Waals surface area contributed by atoms with Crippen LogP contribution in [0, 0.1) is 0 Å². The Morgan fingerprint density at radius 2 is 2.05 bits per heavy atom. The smallest absolute Gasteiger partial charge is 0.237 e. The Morgan fingerprint density at radius 1 is 1.35 bits per heavy atom. The van der Waals surface area contributed by atoms with Crippen molar-refractivity contribution < 1.29 is 9.53 Å². The van der Waals surface area contributed by atoms with Gasteiger partial charge in [0.1, 0.15) is 11.4 Å². The standard InChI is InChI=1S/C16H22N2O2/c1-10(15(19)18-11-8-9-11)17-14-12-6-4-5-7-13(12)20-16(14,2)3/h4-7,10-11,14,17H,8-9H2,1-3H3,(H,18,19). The van der Waals surface area contributed by atoms with Gasteiger partial charge in [-0.2, -0.15) is 0 Å². The van der Waals surface area contributed by atoms with E-state index in [-0.39, 0.29) is 23.6 Å². The number of benzene rings is 1. The molecule has 0 bridgehead atoms. The van der Waals surface area contributed by atoms with Gasteiger partial charge in [0.25, 0.3) is 0 Å². The summed E-state index contributed by atoms with van der Waals surface area (Å²) in [5.41, 5.74) is 0.779. The fraction of sp³-hybridized carbons (Fsp3) is 0.562. The van der Waals surface area contributed by atoms with Crippen LogP contribution in [-0.2, 0) is 4.79 Å². The Hall–Kier alpha value is -1.55. The summed E-state index contributed by atoms with van der Waals surface area (Å²) >= 11 is 0. The van der Waals surface area contributed by atoms with E-state index in [4.69, 9.17) is 4.74 Å². The van der Waals surface area contributed by atoms with E-state index in [1.165, 1.54) is 0 Å². The summed E-state index contributed by atoms with van der Waals surface area (Å²) in [6, 6.07) is 8.22. The number of rotatable bonds is 4. The van der Waals surface area contributed by atoms with Crippen molar-refractivity contribution in [1.29, 1.82) is 0 Å². The highest BCUT2D eigenvalue weighted by molar-refractivity contribution is 5.82. The molecule has 2 atom stereocenters. The quantitative estimate of drug-likeness (QED) is 0.884. The lowest BCUT2D eigenvalue weighted by molar-refractivity contribution is -0.123. The highest BCUT2D eigenvalue weighted by Gasteiger charge is 2.42. The van der Waals surface area contributed by atoms with Gasteiger partial charge in [0, 0.05) is 11.6 Å². The average Bonchev–Trinajstić information content (AvgIpc) is 3.15. The Bertz CT molecular complexity index is 523. The maximum Gasteiger partial charge on any atom is 0.237 e. The molecule has 1 fully saturated rings. The van der Waals surface area contributed by atoms with Crippen molar-refractivity contribution in [2.45, 2.75) is 57.3 Å². The molecule has 3 rings (SSSR count). The second kappa shape index (κ2) is 4.77. The molecule has 2 aliphatic rings. The van der Waals surface area contributed by atoms with Crippen molar-refractivity contribution in [3.05, 3.63) is 29.8 Å². The second-order valence-corrected chi connectivity index (χ2v) is 6.35. The fourth-order valence-corrected chi connectivity index (χ4v) is 2.70. The normalized spacial score (nSPS) is 24.6. The van der Waals surface area contributed by atoms with Crippen molar-refractivity contribution in [2.24, 2.45) is 0 Å². The molecule has 1 heterocycles. The summed E-state index contributed by atoms with van der Waals surface area (Å²) in [5, 5.41) is 6.46. The summed E-state index contributed by atoms with van der Waals surface area (Å²) in [6.07, 6.45) is 2.22. The van der Waals surface area contributed by atoms with E-state index in [1.54, 1.807) is 0 Å². The summed E-state index contributed by atoms with van der Waals surface area (Å²) < 4.78 is 5.99. The number of para-hydroxylation sites is 1. The maximum absolute atomic E-state index is 12.1. The third-order valence-corrected chi connectivity index (χ3v) is 4.03. The van der Waals surface area contributed by atoms with Gasteiger partial charge >= 0.3 is 0 Å². The zero-order valence-electron chi connectivity index (χ0n) is 12.3. The average molecular weight is 274 g/mol. The van der Waals surface area contributed by atoms with Gasteiger partial charge in [0.05, 0.1) is 12.1 Å². The molecule has 20 heavy (non-hydrogen) atoms. The topological polar surface area (TPSA) is 50.4 Å². The van der Waals surface area contributed by atoms with Crippen LogP contribution in [0.4, 0.5) is 0 Å². The van der Waals surface area contributed by atoms with Crippen LogP contribution >= 0.6 is 0 Å². The van der Waals surface area contributed by atoms with Gasteiger partial charge in [0.2, 0.25) is 5.91 Å². The third kappa shape index (κ3) is 2.52. The first-order chi connectivity index (χ1) is 9.47. The predicted molar refractivity (Wildman–Crippen MR) is 77.7 cm³/mol. The predicted octanol–water partition coefficient (Wildman–Crippen LogP) is 2.16. The summed E-state index contributed by atoms with van der Waals surface area (Å²) in [5.74, 6) is 0.984. The van der Waals surface area contributed by atoms with E-state index < -0.39 is 0 Å². The van der Waals surface area contributed by atoms with Gasteiger partial charge in [-0.1, -0.05) is 18.2 Å². The van der Waals surface area contributed by atoms with Gasteiger partial charge in [-0.3, -0.25) is 10.1 Å². The number of ether oxygens (including phenoxy) is 1. The van der Waals surface area contributed by atoms with Crippen LogP contribution in [0.1, 0.15) is 45.2 Å². The highest BCUT2D eigenvalue weighted by Crippen LogP contribution is 2.42. The van der Waals surface area contributed by atoms with Crippen molar-refractivity contribution in [3.8, 4) is 5.75 Å². The monoisotopic (exact) mass is 274 g/mol. The Morgan fingerprint density at radius 3 is 2.75 bits per heavy atom. The maximum atomic E-state index is 12.1. The van der Waals surface area contributed by atoms with Crippen LogP contribution in [0.5, 0.6) is 5.75 Å². The number of nitrogens with one attached hydrogen (secondary N) is 2. The minimum atomic E-state index is -0.349. The Kier molecular flexibility index (Phi) is 3.21. The number of hydrogen-bond acceptors (Lipinski definition) is 3. The molecule has 1 aromatic rings. The molecule has 1 amide bonds. The SMILES string of the molecule is CC(NC1c2ccccc2OC1(C)C)C(=O)NC1CC1. The van der Waals surface area contributed by atoms with E-state index in [9.17, 15) is 4.79 Å². The Labute approximate surface area is 119 Å². The number of carbonyl (C=O) groups excluding carboxylic acids is 1. The molecule has 0 aromatic heterocycles. The van der Waals surface area contributed by atoms with Crippen molar-refractivity contribution >= 4 is 5.91 Å². The number of carbonyl (C=O) groups is 1. The van der Waals surface area contributed by atoms with E-state index in [2.05, 4.69) is 30.5 Å². The minimum Gasteiger partial charge on any atom is -0.486 e. The first-order valence-electron chi connectivity index (χ1n) is 7.32. The molecule has 1 aliphatic carbocycles. The molecular weight excluding hydrogens is 252 g/mol. The molecule has 108 valence electrons. The fourth-order valence-electron chi connectivity index (χ4n) is 2.70. The summed E-state index contributed by atoms with van der Waals surface area (Å²) in [6.45, 7) is 6.01. The van der Waals surface area contributed by atoms with Gasteiger partial charge in [0.15, 0.2) is 0 Å². The molecule has 2 N–H and O–H groups in total. The molecule has 0 radical (unpaired) electrons. The number of amides is 1.